The number of aromatic amines is 1. The molecule has 5 nitrogen and oxygen atoms in total. The van der Waals surface area contributed by atoms with Gasteiger partial charge < -0.3 is 15.0 Å². The number of H-pyrrole nitrogens is 1. The van der Waals surface area contributed by atoms with E-state index in [9.17, 15) is 9.59 Å². The molecule has 0 radical (unpaired) electrons. The number of aromatic nitrogens is 1. The van der Waals surface area contributed by atoms with Gasteiger partial charge in [-0.1, -0.05) is 30.3 Å². The van der Waals surface area contributed by atoms with Gasteiger partial charge in [0, 0.05) is 29.6 Å². The van der Waals surface area contributed by atoms with E-state index < -0.39 is 5.97 Å². The second kappa shape index (κ2) is 6.67. The summed E-state index contributed by atoms with van der Waals surface area (Å²) in [6, 6.07) is 15.0. The molecule has 26 heavy (non-hydrogen) atoms. The smallest absolute Gasteiger partial charge is 0.335 e. The van der Waals surface area contributed by atoms with Crippen molar-refractivity contribution in [3.8, 4) is 0 Å². The maximum atomic E-state index is 12.6. The van der Waals surface area contributed by atoms with Crippen LogP contribution < -0.4 is 0 Å². The largest absolute Gasteiger partial charge is 0.478 e. The van der Waals surface area contributed by atoms with Crippen molar-refractivity contribution in [2.24, 2.45) is 0 Å². The molecule has 0 atom stereocenters. The lowest BCUT2D eigenvalue weighted by Gasteiger charge is -2.27. The molecule has 0 bridgehead atoms. The second-order valence-electron chi connectivity index (χ2n) is 6.70. The zero-order chi connectivity index (χ0) is 18.1. The van der Waals surface area contributed by atoms with Gasteiger partial charge in [-0.15, -0.1) is 0 Å². The van der Waals surface area contributed by atoms with E-state index in [1.165, 1.54) is 10.9 Å². The molecule has 0 saturated carbocycles. The van der Waals surface area contributed by atoms with Gasteiger partial charge in [-0.05, 0) is 42.2 Å². The van der Waals surface area contributed by atoms with Crippen molar-refractivity contribution >= 4 is 22.8 Å². The van der Waals surface area contributed by atoms with Crippen LogP contribution in [0, 0.1) is 0 Å². The molecular formula is C21H20N2O3. The Kier molecular flexibility index (Phi) is 4.21. The van der Waals surface area contributed by atoms with Crippen LogP contribution in [0.15, 0.2) is 48.5 Å². The third-order valence-corrected chi connectivity index (χ3v) is 5.06. The van der Waals surface area contributed by atoms with Crippen LogP contribution in [0.5, 0.6) is 0 Å². The molecule has 132 valence electrons. The normalized spacial score (nSPS) is 13.6. The van der Waals surface area contributed by atoms with E-state index in [-0.39, 0.29) is 11.5 Å². The molecule has 4 rings (SSSR count). The number of nitrogens with one attached hydrogen (secondary N) is 1. The predicted molar refractivity (Wildman–Crippen MR) is 99.1 cm³/mol. The quantitative estimate of drug-likeness (QED) is 0.759. The maximum Gasteiger partial charge on any atom is 0.335 e. The highest BCUT2D eigenvalue weighted by Crippen LogP contribution is 2.27. The number of nitrogens with zero attached hydrogens (tertiary/aromatic N) is 1. The minimum Gasteiger partial charge on any atom is -0.478 e. The molecular weight excluding hydrogens is 328 g/mol. The van der Waals surface area contributed by atoms with E-state index in [2.05, 4.69) is 17.1 Å². The number of fused-ring (bicyclic) bond motifs is 3. The molecule has 3 aromatic rings. The lowest BCUT2D eigenvalue weighted by molar-refractivity contribution is -0.132. The molecule has 2 N–H and O–H groups in total. The van der Waals surface area contributed by atoms with Gasteiger partial charge in [-0.2, -0.15) is 0 Å². The number of carbonyl (C=O) groups is 2. The summed E-state index contributed by atoms with van der Waals surface area (Å²) in [5.74, 6) is -0.799. The Morgan fingerprint density at radius 3 is 2.62 bits per heavy atom. The molecule has 5 heteroatoms. The van der Waals surface area contributed by atoms with Crippen LogP contribution in [-0.2, 0) is 24.2 Å². The number of aromatic carboxylic acids is 1. The van der Waals surface area contributed by atoms with Crippen molar-refractivity contribution in [3.63, 3.8) is 0 Å². The zero-order valence-electron chi connectivity index (χ0n) is 14.4. The highest BCUT2D eigenvalue weighted by molar-refractivity contribution is 5.87. The summed E-state index contributed by atoms with van der Waals surface area (Å²) in [4.78, 5) is 28.8. The van der Waals surface area contributed by atoms with Crippen LogP contribution in [0.25, 0.3) is 10.9 Å². The molecule has 0 saturated heterocycles. The van der Waals surface area contributed by atoms with E-state index in [0.717, 1.165) is 29.7 Å². The summed E-state index contributed by atoms with van der Waals surface area (Å²) in [6.07, 6.45) is 1.93. The lowest BCUT2D eigenvalue weighted by atomic mass is 10.0. The van der Waals surface area contributed by atoms with Crippen LogP contribution in [0.4, 0.5) is 0 Å². The summed E-state index contributed by atoms with van der Waals surface area (Å²) in [5, 5.41) is 10.2. The van der Waals surface area contributed by atoms with Crippen molar-refractivity contribution in [1.82, 2.24) is 9.88 Å². The Labute approximate surface area is 151 Å². The zero-order valence-corrected chi connectivity index (χ0v) is 14.4. The summed E-state index contributed by atoms with van der Waals surface area (Å²) >= 11 is 0. The number of para-hydroxylation sites is 1. The highest BCUT2D eigenvalue weighted by atomic mass is 16.4. The molecule has 1 aliphatic rings. The first kappa shape index (κ1) is 16.4. The number of amides is 1. The molecule has 0 aliphatic carbocycles. The maximum absolute atomic E-state index is 12.6. The average Bonchev–Trinajstić information content (AvgIpc) is 3.04. The van der Waals surface area contributed by atoms with E-state index in [1.54, 1.807) is 24.3 Å². The molecule has 2 heterocycles. The van der Waals surface area contributed by atoms with Gasteiger partial charge in [-0.25, -0.2) is 4.79 Å². The van der Waals surface area contributed by atoms with E-state index in [0.29, 0.717) is 19.4 Å². The van der Waals surface area contributed by atoms with Crippen molar-refractivity contribution in [1.29, 1.82) is 0 Å². The van der Waals surface area contributed by atoms with Crippen molar-refractivity contribution in [2.75, 3.05) is 6.54 Å². The minimum atomic E-state index is -0.935. The number of rotatable bonds is 4. The number of benzene rings is 2. The van der Waals surface area contributed by atoms with Crippen molar-refractivity contribution in [2.45, 2.75) is 25.8 Å². The average molecular weight is 348 g/mol. The number of carboxylic acid groups (broad SMARTS) is 1. The van der Waals surface area contributed by atoms with Crippen LogP contribution in [0.3, 0.4) is 0 Å². The number of hydrogen-bond donors (Lipinski definition) is 2. The van der Waals surface area contributed by atoms with Gasteiger partial charge >= 0.3 is 5.97 Å². The van der Waals surface area contributed by atoms with Gasteiger partial charge in [0.1, 0.15) is 0 Å². The Bertz CT molecular complexity index is 973. The van der Waals surface area contributed by atoms with Crippen LogP contribution in [0.1, 0.15) is 33.6 Å². The third-order valence-electron chi connectivity index (χ3n) is 5.06. The number of carbonyl (C=O) groups excluding carboxylic acids is 1. The first-order valence-corrected chi connectivity index (χ1v) is 8.80. The Hall–Kier alpha value is -3.08. The second-order valence-corrected chi connectivity index (χ2v) is 6.70. The minimum absolute atomic E-state index is 0.136. The van der Waals surface area contributed by atoms with Crippen molar-refractivity contribution in [3.05, 3.63) is 70.9 Å². The van der Waals surface area contributed by atoms with Gasteiger partial charge in [0.05, 0.1) is 12.1 Å². The topological polar surface area (TPSA) is 73.4 Å². The van der Waals surface area contributed by atoms with Crippen LogP contribution in [0.2, 0.25) is 0 Å². The van der Waals surface area contributed by atoms with Gasteiger partial charge in [0.15, 0.2) is 0 Å². The molecule has 0 unspecified atom stereocenters. The van der Waals surface area contributed by atoms with Crippen molar-refractivity contribution < 1.29 is 14.7 Å². The summed E-state index contributed by atoms with van der Waals surface area (Å²) in [7, 11) is 0. The molecule has 0 spiro atoms. The number of aryl methyl sites for hydroxylation is 1. The number of carboxylic acids is 1. The SMILES string of the molecule is O=C(O)c1ccc(CCC(=O)N2CCc3c([nH]c4ccccc34)C2)cc1. The molecule has 0 fully saturated rings. The fraction of sp³-hybridized carbons (Fsp3) is 0.238. The summed E-state index contributed by atoms with van der Waals surface area (Å²) in [5.41, 5.74) is 4.84. The fourth-order valence-electron chi connectivity index (χ4n) is 3.63. The summed E-state index contributed by atoms with van der Waals surface area (Å²) in [6.45, 7) is 1.37. The first-order chi connectivity index (χ1) is 12.6. The predicted octanol–water partition coefficient (Wildman–Crippen LogP) is 3.38. The monoisotopic (exact) mass is 348 g/mol. The number of hydrogen-bond acceptors (Lipinski definition) is 2. The van der Waals surface area contributed by atoms with E-state index in [1.807, 2.05) is 17.0 Å². The molecule has 1 amide bonds. The highest BCUT2D eigenvalue weighted by Gasteiger charge is 2.23. The Morgan fingerprint density at radius 2 is 1.85 bits per heavy atom. The Morgan fingerprint density at radius 1 is 1.08 bits per heavy atom. The first-order valence-electron chi connectivity index (χ1n) is 8.80. The lowest BCUT2D eigenvalue weighted by Crippen LogP contribution is -2.36. The third kappa shape index (κ3) is 3.08. The van der Waals surface area contributed by atoms with Gasteiger partial charge in [0.25, 0.3) is 0 Å². The van der Waals surface area contributed by atoms with E-state index >= 15 is 0 Å². The van der Waals surface area contributed by atoms with E-state index in [4.69, 9.17) is 5.11 Å². The van der Waals surface area contributed by atoms with Crippen LogP contribution in [-0.4, -0.2) is 33.4 Å². The Balaban J connectivity index is 1.40. The molecule has 1 aliphatic heterocycles. The molecule has 2 aromatic carbocycles. The molecule has 1 aromatic heterocycles. The fourth-order valence-corrected chi connectivity index (χ4v) is 3.63. The standard InChI is InChI=1S/C21H20N2O3/c24-20(10-7-14-5-8-15(9-6-14)21(25)26)23-12-11-17-16-3-1-2-4-18(16)22-19(17)13-23/h1-6,8-9,22H,7,10-13H2,(H,25,26). The van der Waals surface area contributed by atoms with Crippen LogP contribution >= 0.6 is 0 Å². The van der Waals surface area contributed by atoms with Gasteiger partial charge in [-0.3, -0.25) is 4.79 Å². The van der Waals surface area contributed by atoms with Gasteiger partial charge in [0.2, 0.25) is 5.91 Å². The summed E-state index contributed by atoms with van der Waals surface area (Å²) < 4.78 is 0.